The van der Waals surface area contributed by atoms with Crippen LogP contribution in [0.15, 0.2) is 46.0 Å². The first-order valence-electron chi connectivity index (χ1n) is 11.4. The lowest BCUT2D eigenvalue weighted by atomic mass is 10.1. The quantitative estimate of drug-likeness (QED) is 0.267. The first-order valence-corrected chi connectivity index (χ1v) is 12.2. The van der Waals surface area contributed by atoms with E-state index in [1.54, 1.807) is 0 Å². The molecule has 2 aromatic heterocycles. The van der Waals surface area contributed by atoms with E-state index in [0.29, 0.717) is 15.2 Å². The third-order valence-electron chi connectivity index (χ3n) is 5.88. The number of rotatable bonds is 7. The van der Waals surface area contributed by atoms with Crippen LogP contribution in [-0.4, -0.2) is 42.9 Å². The summed E-state index contributed by atoms with van der Waals surface area (Å²) in [5, 5.41) is 10.0. The number of alkyl halides is 6. The number of halogens is 8. The second-order valence-electron chi connectivity index (χ2n) is 8.73. The number of fused-ring (bicyclic) bond motifs is 1. The van der Waals surface area contributed by atoms with E-state index in [1.807, 2.05) is 4.98 Å². The van der Waals surface area contributed by atoms with Crippen molar-refractivity contribution in [3.05, 3.63) is 72.8 Å². The van der Waals surface area contributed by atoms with Crippen molar-refractivity contribution < 1.29 is 40.9 Å². The Hall–Kier alpha value is -3.69. The lowest BCUT2D eigenvalue weighted by molar-refractivity contribution is -0.275. The number of aromatic amines is 1. The van der Waals surface area contributed by atoms with E-state index < -0.39 is 53.9 Å². The molecule has 220 valence electrons. The number of nitrogens with one attached hydrogen (secondary N) is 1. The minimum Gasteiger partial charge on any atom is -0.482 e. The Morgan fingerprint density at radius 1 is 1.05 bits per heavy atom. The fourth-order valence-corrected chi connectivity index (χ4v) is 4.55. The fraction of sp³-hybridized carbons (Fsp3) is 0.292. The van der Waals surface area contributed by atoms with Crippen LogP contribution in [0.4, 0.5) is 26.3 Å². The SMILES string of the molecule is C[C@@H](Oc1ccc(-c2nc3c(c(=O)[nH]c(=O)n3C[C@@H](O)C(F)(F)F)n2C)cc1OC(F)(F)F)c1ccc(Cl)cc1Cl. The third-order valence-corrected chi connectivity index (χ3v) is 6.44. The van der Waals surface area contributed by atoms with Crippen molar-refractivity contribution in [1.82, 2.24) is 19.1 Å². The highest BCUT2D eigenvalue weighted by molar-refractivity contribution is 6.35. The molecule has 0 aliphatic rings. The molecular formula is C24H18Cl2F6N4O5. The molecule has 0 saturated carbocycles. The van der Waals surface area contributed by atoms with Crippen LogP contribution >= 0.6 is 23.2 Å². The Kier molecular flexibility index (Phi) is 8.08. The van der Waals surface area contributed by atoms with Gasteiger partial charge in [0.1, 0.15) is 11.9 Å². The van der Waals surface area contributed by atoms with Gasteiger partial charge in [-0.25, -0.2) is 9.78 Å². The number of nitrogens with zero attached hydrogens (tertiary/aromatic N) is 3. The molecule has 0 saturated heterocycles. The van der Waals surface area contributed by atoms with E-state index in [9.17, 15) is 41.0 Å². The molecule has 41 heavy (non-hydrogen) atoms. The van der Waals surface area contributed by atoms with Crippen molar-refractivity contribution in [2.24, 2.45) is 7.05 Å². The molecule has 17 heteroatoms. The Balaban J connectivity index is 1.82. The maximum absolute atomic E-state index is 13.3. The van der Waals surface area contributed by atoms with Gasteiger partial charge < -0.3 is 19.1 Å². The minimum absolute atomic E-state index is 0.0813. The number of aliphatic hydroxyl groups is 1. The molecule has 0 amide bonds. The van der Waals surface area contributed by atoms with Crippen LogP contribution in [0, 0.1) is 0 Å². The van der Waals surface area contributed by atoms with Gasteiger partial charge in [-0.05, 0) is 37.3 Å². The summed E-state index contributed by atoms with van der Waals surface area (Å²) in [7, 11) is 1.26. The zero-order chi connectivity index (χ0) is 30.4. The molecule has 0 spiro atoms. The maximum atomic E-state index is 13.3. The Bertz CT molecular complexity index is 1730. The van der Waals surface area contributed by atoms with Crippen molar-refractivity contribution >= 4 is 34.4 Å². The molecular weight excluding hydrogens is 609 g/mol. The second-order valence-corrected chi connectivity index (χ2v) is 9.57. The third kappa shape index (κ3) is 6.47. The summed E-state index contributed by atoms with van der Waals surface area (Å²) in [6.45, 7) is 0.221. The number of aromatic nitrogens is 4. The van der Waals surface area contributed by atoms with E-state index in [0.717, 1.165) is 16.7 Å². The van der Waals surface area contributed by atoms with Crippen molar-refractivity contribution in [2.45, 2.75) is 38.2 Å². The molecule has 0 aliphatic carbocycles. The minimum atomic E-state index is -5.16. The van der Waals surface area contributed by atoms with Gasteiger partial charge in [0.2, 0.25) is 0 Å². The largest absolute Gasteiger partial charge is 0.573 e. The van der Waals surface area contributed by atoms with Gasteiger partial charge in [-0.15, -0.1) is 13.2 Å². The van der Waals surface area contributed by atoms with Gasteiger partial charge in [-0.1, -0.05) is 29.3 Å². The molecule has 0 aliphatic heterocycles. The standard InChI is InChI=1S/C24H18Cl2F6N4O5/c1-10(13-5-4-12(25)8-14(13)26)40-15-6-3-11(7-16(15)41-24(30,31)32)19-33-20-18(35(19)2)21(38)34-22(39)36(20)9-17(37)23(27,28)29/h3-8,10,17,37H,9H2,1-2H3,(H,34,38,39)/t10-,17-/m1/s1. The number of hydrogen-bond acceptors (Lipinski definition) is 6. The van der Waals surface area contributed by atoms with E-state index in [2.05, 4.69) is 9.72 Å². The highest BCUT2D eigenvalue weighted by Crippen LogP contribution is 2.39. The van der Waals surface area contributed by atoms with Crippen molar-refractivity contribution in [2.75, 3.05) is 0 Å². The van der Waals surface area contributed by atoms with Gasteiger partial charge in [0.25, 0.3) is 5.56 Å². The summed E-state index contributed by atoms with van der Waals surface area (Å²) in [4.78, 5) is 30.7. The van der Waals surface area contributed by atoms with E-state index in [4.69, 9.17) is 27.9 Å². The van der Waals surface area contributed by atoms with Crippen LogP contribution in [0.2, 0.25) is 10.0 Å². The van der Waals surface area contributed by atoms with Gasteiger partial charge in [0.05, 0.1) is 6.54 Å². The summed E-state index contributed by atoms with van der Waals surface area (Å²) < 4.78 is 90.1. The second kappa shape index (κ2) is 10.9. The molecule has 2 atom stereocenters. The van der Waals surface area contributed by atoms with Crippen LogP contribution in [-0.2, 0) is 13.6 Å². The predicted octanol–water partition coefficient (Wildman–Crippen LogP) is 5.36. The summed E-state index contributed by atoms with van der Waals surface area (Å²) in [5.74, 6) is -1.37. The summed E-state index contributed by atoms with van der Waals surface area (Å²) in [6, 6.07) is 7.74. The highest BCUT2D eigenvalue weighted by atomic mass is 35.5. The lowest BCUT2D eigenvalue weighted by Gasteiger charge is -2.20. The van der Waals surface area contributed by atoms with Gasteiger partial charge in [0, 0.05) is 28.2 Å². The lowest BCUT2D eigenvalue weighted by Crippen LogP contribution is -2.39. The first-order chi connectivity index (χ1) is 19.0. The Morgan fingerprint density at radius 2 is 1.73 bits per heavy atom. The fourth-order valence-electron chi connectivity index (χ4n) is 3.98. The van der Waals surface area contributed by atoms with Crippen LogP contribution in [0.25, 0.3) is 22.6 Å². The Labute approximate surface area is 235 Å². The Morgan fingerprint density at radius 3 is 2.34 bits per heavy atom. The van der Waals surface area contributed by atoms with Crippen LogP contribution in [0.5, 0.6) is 11.5 Å². The van der Waals surface area contributed by atoms with E-state index >= 15 is 0 Å². The molecule has 9 nitrogen and oxygen atoms in total. The number of imidazole rings is 1. The van der Waals surface area contributed by atoms with Gasteiger partial charge >= 0.3 is 18.2 Å². The van der Waals surface area contributed by atoms with Crippen LogP contribution < -0.4 is 20.7 Å². The average Bonchev–Trinajstić information content (AvgIpc) is 3.18. The maximum Gasteiger partial charge on any atom is 0.573 e. The predicted molar refractivity (Wildman–Crippen MR) is 135 cm³/mol. The molecule has 4 aromatic rings. The highest BCUT2D eigenvalue weighted by Gasteiger charge is 2.39. The number of benzene rings is 2. The molecule has 0 bridgehead atoms. The molecule has 2 aromatic carbocycles. The average molecular weight is 627 g/mol. The topological polar surface area (TPSA) is 111 Å². The summed E-state index contributed by atoms with van der Waals surface area (Å²) in [5.41, 5.74) is -2.89. The summed E-state index contributed by atoms with van der Waals surface area (Å²) >= 11 is 12.1. The zero-order valence-electron chi connectivity index (χ0n) is 20.8. The first kappa shape index (κ1) is 30.3. The molecule has 0 radical (unpaired) electrons. The number of aliphatic hydroxyl groups excluding tert-OH is 1. The normalized spacial score (nSPS) is 13.8. The van der Waals surface area contributed by atoms with Crippen molar-refractivity contribution in [1.29, 1.82) is 0 Å². The monoisotopic (exact) mass is 626 g/mol. The van der Waals surface area contributed by atoms with E-state index in [-0.39, 0.29) is 27.7 Å². The molecule has 4 rings (SSSR count). The van der Waals surface area contributed by atoms with Crippen LogP contribution in [0.3, 0.4) is 0 Å². The number of hydrogen-bond donors (Lipinski definition) is 2. The van der Waals surface area contributed by atoms with Crippen molar-refractivity contribution in [3.63, 3.8) is 0 Å². The van der Waals surface area contributed by atoms with E-state index in [1.165, 1.54) is 38.2 Å². The molecule has 2 N–H and O–H groups in total. The zero-order valence-corrected chi connectivity index (χ0v) is 22.3. The smallest absolute Gasteiger partial charge is 0.482 e. The van der Waals surface area contributed by atoms with Crippen molar-refractivity contribution in [3.8, 4) is 22.9 Å². The molecule has 2 heterocycles. The van der Waals surface area contributed by atoms with Gasteiger partial charge in [-0.2, -0.15) is 13.2 Å². The van der Waals surface area contributed by atoms with Gasteiger partial charge in [0.15, 0.2) is 28.8 Å². The molecule has 0 fully saturated rings. The molecule has 0 unspecified atom stereocenters. The number of H-pyrrole nitrogens is 1. The van der Waals surface area contributed by atoms with Crippen LogP contribution in [0.1, 0.15) is 18.6 Å². The number of aryl methyl sites for hydroxylation is 1. The van der Waals surface area contributed by atoms with Gasteiger partial charge in [-0.3, -0.25) is 14.3 Å². The number of ether oxygens (including phenoxy) is 2. The summed E-state index contributed by atoms with van der Waals surface area (Å²) in [6.07, 6.45) is -14.1.